The number of fused-ring (bicyclic) bond motifs is 1. The molecule has 0 spiro atoms. The molecule has 2 atom stereocenters. The van der Waals surface area contributed by atoms with Crippen LogP contribution in [0.3, 0.4) is 0 Å². The van der Waals surface area contributed by atoms with E-state index in [1.807, 2.05) is 0 Å². The fraction of sp³-hybridized carbons (Fsp3) is 0.357. The van der Waals surface area contributed by atoms with Gasteiger partial charge in [-0.1, -0.05) is 0 Å². The van der Waals surface area contributed by atoms with Gasteiger partial charge >= 0.3 is 6.18 Å². The van der Waals surface area contributed by atoms with Crippen LogP contribution >= 0.6 is 0 Å². The van der Waals surface area contributed by atoms with E-state index in [0.717, 1.165) is 6.33 Å². The zero-order valence-electron chi connectivity index (χ0n) is 12.6. The van der Waals surface area contributed by atoms with Crippen molar-refractivity contribution in [2.45, 2.75) is 6.18 Å². The molecule has 0 saturated carbocycles. The lowest BCUT2D eigenvalue weighted by molar-refractivity contribution is -0.384. The van der Waals surface area contributed by atoms with E-state index in [2.05, 4.69) is 9.97 Å². The average molecular weight is 355 g/mol. The largest absolute Gasteiger partial charge is 0.394 e. The van der Waals surface area contributed by atoms with Crippen molar-refractivity contribution in [3.8, 4) is 0 Å². The van der Waals surface area contributed by atoms with Crippen LogP contribution in [0.15, 0.2) is 24.5 Å². The number of nitro groups is 1. The molecular weight excluding hydrogens is 343 g/mol. The predicted octanol–water partition coefficient (Wildman–Crippen LogP) is 1.64. The van der Waals surface area contributed by atoms with E-state index in [0.29, 0.717) is 5.52 Å². The summed E-state index contributed by atoms with van der Waals surface area (Å²) in [6, 6.07) is 3.83. The Balaban J connectivity index is 2.06. The Labute approximate surface area is 138 Å². The number of anilines is 1. The summed E-state index contributed by atoms with van der Waals surface area (Å²) < 4.78 is 39.6. The number of benzene rings is 1. The third kappa shape index (κ3) is 3.04. The van der Waals surface area contributed by atoms with Crippen LogP contribution < -0.4 is 10.6 Å². The fourth-order valence-electron chi connectivity index (χ4n) is 2.99. The van der Waals surface area contributed by atoms with Crippen molar-refractivity contribution in [3.05, 3.63) is 34.6 Å². The standard InChI is InChI=1S/C14H12F3N5O3/c15-14(16,17)10-5-21(4-9(10)12(18)23)13-8-3-7(22(24)25)1-2-11(8)19-6-20-13/h1-3,6,9-10H,4-5H2,(H2,18,23)/t9-,10-/m1/s1. The first-order valence-electron chi connectivity index (χ1n) is 7.18. The molecule has 3 rings (SSSR count). The molecule has 2 N–H and O–H groups in total. The number of alkyl halides is 3. The van der Waals surface area contributed by atoms with Crippen molar-refractivity contribution in [2.24, 2.45) is 17.6 Å². The molecule has 1 amide bonds. The van der Waals surface area contributed by atoms with Crippen molar-refractivity contribution >= 4 is 28.3 Å². The summed E-state index contributed by atoms with van der Waals surface area (Å²) in [5.74, 6) is -4.28. The number of nitrogens with zero attached hydrogens (tertiary/aromatic N) is 4. The topological polar surface area (TPSA) is 115 Å². The number of halogens is 3. The van der Waals surface area contributed by atoms with E-state index in [4.69, 9.17) is 5.73 Å². The summed E-state index contributed by atoms with van der Waals surface area (Å²) in [6.45, 7) is -0.778. The maximum absolute atomic E-state index is 13.2. The van der Waals surface area contributed by atoms with Crippen molar-refractivity contribution in [1.82, 2.24) is 9.97 Å². The zero-order chi connectivity index (χ0) is 18.4. The van der Waals surface area contributed by atoms with E-state index < -0.39 is 35.4 Å². The predicted molar refractivity (Wildman–Crippen MR) is 80.6 cm³/mol. The molecule has 0 unspecified atom stereocenters. The lowest BCUT2D eigenvalue weighted by Gasteiger charge is -2.19. The quantitative estimate of drug-likeness (QED) is 0.661. The third-order valence-electron chi connectivity index (χ3n) is 4.21. The zero-order valence-corrected chi connectivity index (χ0v) is 12.6. The monoisotopic (exact) mass is 355 g/mol. The highest BCUT2D eigenvalue weighted by atomic mass is 19.4. The first-order valence-corrected chi connectivity index (χ1v) is 7.18. The van der Waals surface area contributed by atoms with Gasteiger partial charge in [0.15, 0.2) is 0 Å². The van der Waals surface area contributed by atoms with Gasteiger partial charge < -0.3 is 10.6 Å². The number of primary amides is 1. The maximum atomic E-state index is 13.2. The maximum Gasteiger partial charge on any atom is 0.394 e. The number of hydrogen-bond donors (Lipinski definition) is 1. The van der Waals surface area contributed by atoms with Crippen molar-refractivity contribution in [1.29, 1.82) is 0 Å². The highest BCUT2D eigenvalue weighted by molar-refractivity contribution is 5.91. The molecule has 2 aromatic rings. The number of carbonyl (C=O) groups is 1. The summed E-state index contributed by atoms with van der Waals surface area (Å²) in [4.78, 5) is 30.9. The highest BCUT2D eigenvalue weighted by Gasteiger charge is 2.52. The SMILES string of the molecule is NC(=O)[C@@H]1CN(c2ncnc3ccc([N+](=O)[O-])cc23)C[C@H]1C(F)(F)F. The third-order valence-corrected chi connectivity index (χ3v) is 4.21. The van der Waals surface area contributed by atoms with Crippen LogP contribution in [-0.4, -0.2) is 40.1 Å². The minimum atomic E-state index is -4.59. The normalized spacial score (nSPS) is 20.8. The van der Waals surface area contributed by atoms with Crippen LogP contribution in [0.5, 0.6) is 0 Å². The molecule has 1 fully saturated rings. The summed E-state index contributed by atoms with van der Waals surface area (Å²) >= 11 is 0. The Bertz CT molecular complexity index is 857. The Kier molecular flexibility index (Phi) is 3.93. The second-order valence-electron chi connectivity index (χ2n) is 5.72. The highest BCUT2D eigenvalue weighted by Crippen LogP contribution is 2.40. The molecule has 0 radical (unpaired) electrons. The number of nitrogens with two attached hydrogens (primary N) is 1. The minimum Gasteiger partial charge on any atom is -0.369 e. The van der Waals surface area contributed by atoms with Crippen LogP contribution in [0, 0.1) is 22.0 Å². The van der Waals surface area contributed by atoms with Crippen LogP contribution in [0.25, 0.3) is 10.9 Å². The number of hydrogen-bond acceptors (Lipinski definition) is 6. The van der Waals surface area contributed by atoms with Crippen molar-refractivity contribution < 1.29 is 22.9 Å². The van der Waals surface area contributed by atoms with Gasteiger partial charge in [0.1, 0.15) is 12.1 Å². The van der Waals surface area contributed by atoms with E-state index >= 15 is 0 Å². The molecule has 1 aliphatic rings. The number of nitro benzene ring substituents is 1. The first kappa shape index (κ1) is 16.9. The van der Waals surface area contributed by atoms with Gasteiger partial charge in [0.25, 0.3) is 5.69 Å². The van der Waals surface area contributed by atoms with Gasteiger partial charge in [-0.05, 0) is 6.07 Å². The van der Waals surface area contributed by atoms with Crippen LogP contribution in [-0.2, 0) is 4.79 Å². The Morgan fingerprint density at radius 1 is 1.32 bits per heavy atom. The molecule has 1 saturated heterocycles. The lowest BCUT2D eigenvalue weighted by atomic mass is 9.95. The Morgan fingerprint density at radius 2 is 2.04 bits per heavy atom. The Morgan fingerprint density at radius 3 is 2.60 bits per heavy atom. The summed E-state index contributed by atoms with van der Waals surface area (Å²) in [7, 11) is 0. The molecule has 1 aliphatic heterocycles. The summed E-state index contributed by atoms with van der Waals surface area (Å²) in [5, 5.41) is 11.2. The summed E-state index contributed by atoms with van der Waals surface area (Å²) in [5.41, 5.74) is 5.23. The molecule has 8 nitrogen and oxygen atoms in total. The molecule has 0 aliphatic carbocycles. The molecule has 11 heteroatoms. The molecule has 0 bridgehead atoms. The lowest BCUT2D eigenvalue weighted by Crippen LogP contribution is -2.37. The van der Waals surface area contributed by atoms with Crippen LogP contribution in [0.2, 0.25) is 0 Å². The van der Waals surface area contributed by atoms with E-state index in [1.54, 1.807) is 0 Å². The first-order chi connectivity index (χ1) is 11.7. The van der Waals surface area contributed by atoms with Crippen molar-refractivity contribution in [2.75, 3.05) is 18.0 Å². The molecule has 132 valence electrons. The van der Waals surface area contributed by atoms with Gasteiger partial charge in [-0.3, -0.25) is 14.9 Å². The van der Waals surface area contributed by atoms with Crippen LogP contribution in [0.1, 0.15) is 0 Å². The summed E-state index contributed by atoms with van der Waals surface area (Å²) in [6.07, 6.45) is -3.44. The van der Waals surface area contributed by atoms with Crippen molar-refractivity contribution in [3.63, 3.8) is 0 Å². The number of carbonyl (C=O) groups excluding carboxylic acids is 1. The molecule has 25 heavy (non-hydrogen) atoms. The second-order valence-corrected chi connectivity index (χ2v) is 5.72. The van der Waals surface area contributed by atoms with E-state index in [9.17, 15) is 28.1 Å². The molecule has 1 aromatic heterocycles. The number of non-ortho nitro benzene ring substituents is 1. The van der Waals surface area contributed by atoms with E-state index in [-0.39, 0.29) is 23.4 Å². The molecule has 2 heterocycles. The molecule has 1 aromatic carbocycles. The average Bonchev–Trinajstić information content (AvgIpc) is 2.99. The number of rotatable bonds is 3. The minimum absolute atomic E-state index is 0.103. The fourth-order valence-corrected chi connectivity index (χ4v) is 2.99. The van der Waals surface area contributed by atoms with E-state index in [1.165, 1.54) is 23.1 Å². The van der Waals surface area contributed by atoms with Gasteiger partial charge in [-0.2, -0.15) is 13.2 Å². The number of amides is 1. The van der Waals surface area contributed by atoms with Gasteiger partial charge in [0, 0.05) is 30.6 Å². The van der Waals surface area contributed by atoms with Gasteiger partial charge in [-0.15, -0.1) is 0 Å². The van der Waals surface area contributed by atoms with Crippen LogP contribution in [0.4, 0.5) is 24.7 Å². The van der Waals surface area contributed by atoms with Gasteiger partial charge in [0.2, 0.25) is 5.91 Å². The molecular formula is C14H12F3N5O3. The number of aromatic nitrogens is 2. The van der Waals surface area contributed by atoms with Gasteiger partial charge in [0.05, 0.1) is 22.3 Å². The van der Waals surface area contributed by atoms with Gasteiger partial charge in [-0.25, -0.2) is 9.97 Å². The Hall–Kier alpha value is -2.98. The smallest absolute Gasteiger partial charge is 0.369 e. The second kappa shape index (κ2) is 5.83.